The molecule has 3 aromatic rings. The molecule has 0 saturated heterocycles. The Balaban J connectivity index is 1.72. The lowest BCUT2D eigenvalue weighted by atomic mass is 10.1. The molecule has 6 heteroatoms. The lowest BCUT2D eigenvalue weighted by molar-refractivity contribution is 0.284. The van der Waals surface area contributed by atoms with Crippen molar-refractivity contribution < 1.29 is 14.2 Å². The molecule has 0 bridgehead atoms. The number of anilines is 1. The van der Waals surface area contributed by atoms with E-state index in [2.05, 4.69) is 18.3 Å². The maximum atomic E-state index is 6.50. The second-order valence-corrected chi connectivity index (χ2v) is 7.34. The molecule has 29 heavy (non-hydrogen) atoms. The van der Waals surface area contributed by atoms with E-state index < -0.39 is 0 Å². The minimum absolute atomic E-state index is 0.421. The van der Waals surface area contributed by atoms with Gasteiger partial charge in [-0.25, -0.2) is 0 Å². The maximum Gasteiger partial charge on any atom is 0.180 e. The predicted octanol–water partition coefficient (Wildman–Crippen LogP) is 6.51. The van der Waals surface area contributed by atoms with Crippen LogP contribution in [0.5, 0.6) is 17.2 Å². The molecule has 0 aliphatic rings. The molecule has 3 rings (SSSR count). The molecule has 0 fully saturated rings. The summed E-state index contributed by atoms with van der Waals surface area (Å²) < 4.78 is 16.7. The van der Waals surface area contributed by atoms with E-state index in [1.54, 1.807) is 14.2 Å². The molecule has 152 valence electrons. The van der Waals surface area contributed by atoms with Crippen LogP contribution < -0.4 is 19.5 Å². The molecule has 0 aliphatic heterocycles. The highest BCUT2D eigenvalue weighted by Crippen LogP contribution is 2.37. The number of benzene rings is 3. The van der Waals surface area contributed by atoms with Crippen LogP contribution in [0.1, 0.15) is 16.7 Å². The van der Waals surface area contributed by atoms with E-state index in [-0.39, 0.29) is 0 Å². The number of nitrogens with one attached hydrogen (secondary N) is 1. The number of methoxy groups -OCH3 is 2. The van der Waals surface area contributed by atoms with E-state index in [4.69, 9.17) is 37.4 Å². The van der Waals surface area contributed by atoms with Crippen molar-refractivity contribution in [3.05, 3.63) is 81.3 Å². The van der Waals surface area contributed by atoms with Gasteiger partial charge in [0.2, 0.25) is 0 Å². The quantitative estimate of drug-likeness (QED) is 0.441. The first-order valence-corrected chi connectivity index (χ1v) is 9.88. The number of hydrogen-bond acceptors (Lipinski definition) is 4. The molecular formula is C23H23Cl2NO3. The molecule has 0 unspecified atom stereocenters. The monoisotopic (exact) mass is 431 g/mol. The first-order chi connectivity index (χ1) is 14.0. The highest BCUT2D eigenvalue weighted by molar-refractivity contribution is 6.32. The molecular weight excluding hydrogens is 409 g/mol. The maximum absolute atomic E-state index is 6.50. The lowest BCUT2D eigenvalue weighted by Gasteiger charge is -2.16. The lowest BCUT2D eigenvalue weighted by Crippen LogP contribution is -2.03. The van der Waals surface area contributed by atoms with E-state index in [0.717, 1.165) is 16.8 Å². The Bertz CT molecular complexity index is 992. The zero-order valence-electron chi connectivity index (χ0n) is 16.6. The third-order valence-corrected chi connectivity index (χ3v) is 5.15. The zero-order valence-corrected chi connectivity index (χ0v) is 18.1. The molecule has 0 aromatic heterocycles. The van der Waals surface area contributed by atoms with Gasteiger partial charge in [-0.05, 0) is 53.9 Å². The summed E-state index contributed by atoms with van der Waals surface area (Å²) in [6.07, 6.45) is 0. The second-order valence-electron chi connectivity index (χ2n) is 6.53. The van der Waals surface area contributed by atoms with Gasteiger partial charge in [0, 0.05) is 12.2 Å². The van der Waals surface area contributed by atoms with E-state index in [9.17, 15) is 0 Å². The summed E-state index contributed by atoms with van der Waals surface area (Å²) in [5.74, 6) is 1.77. The first kappa shape index (κ1) is 21.2. The van der Waals surface area contributed by atoms with Crippen molar-refractivity contribution in [3.63, 3.8) is 0 Å². The molecule has 0 heterocycles. The Kier molecular flexibility index (Phi) is 7.13. The van der Waals surface area contributed by atoms with E-state index in [1.165, 1.54) is 5.56 Å². The molecule has 0 amide bonds. The highest BCUT2D eigenvalue weighted by Gasteiger charge is 2.13. The highest BCUT2D eigenvalue weighted by atomic mass is 35.5. The number of aryl methyl sites for hydroxylation is 1. The van der Waals surface area contributed by atoms with Crippen LogP contribution in [0.2, 0.25) is 10.0 Å². The number of halogens is 2. The third-order valence-electron chi connectivity index (χ3n) is 4.57. The van der Waals surface area contributed by atoms with Crippen molar-refractivity contribution in [2.24, 2.45) is 0 Å². The standard InChI is InChI=1S/C23H23Cl2NO3/c1-15-6-4-5-7-17(15)14-29-23-20(25)10-16(11-22(23)28-3)13-26-18-8-9-21(27-2)19(24)12-18/h4-12,26H,13-14H2,1-3H3. The van der Waals surface area contributed by atoms with Gasteiger partial charge in [0.15, 0.2) is 11.5 Å². The minimum atomic E-state index is 0.421. The average molecular weight is 432 g/mol. The van der Waals surface area contributed by atoms with Crippen LogP contribution in [0.15, 0.2) is 54.6 Å². The van der Waals surface area contributed by atoms with E-state index in [1.807, 2.05) is 48.5 Å². The molecule has 4 nitrogen and oxygen atoms in total. The Morgan fingerprint density at radius 1 is 0.862 bits per heavy atom. The molecule has 0 aliphatic carbocycles. The van der Waals surface area contributed by atoms with Gasteiger partial charge in [0.1, 0.15) is 12.4 Å². The normalized spacial score (nSPS) is 10.5. The summed E-state index contributed by atoms with van der Waals surface area (Å²) in [5.41, 5.74) is 4.11. The van der Waals surface area contributed by atoms with Crippen LogP contribution in [0.25, 0.3) is 0 Å². The summed E-state index contributed by atoms with van der Waals surface area (Å²) in [7, 11) is 3.19. The average Bonchev–Trinajstić information content (AvgIpc) is 2.72. The summed E-state index contributed by atoms with van der Waals surface area (Å²) in [5, 5.41) is 4.37. The number of rotatable bonds is 8. The van der Waals surface area contributed by atoms with Gasteiger partial charge >= 0.3 is 0 Å². The van der Waals surface area contributed by atoms with E-state index in [0.29, 0.717) is 40.4 Å². The van der Waals surface area contributed by atoms with Crippen LogP contribution in [0.3, 0.4) is 0 Å². The van der Waals surface area contributed by atoms with Crippen molar-refractivity contribution in [1.82, 2.24) is 0 Å². The predicted molar refractivity (Wildman–Crippen MR) is 119 cm³/mol. The van der Waals surface area contributed by atoms with Crippen LogP contribution in [0, 0.1) is 6.92 Å². The van der Waals surface area contributed by atoms with Gasteiger partial charge < -0.3 is 19.5 Å². The number of ether oxygens (including phenoxy) is 3. The number of hydrogen-bond donors (Lipinski definition) is 1. The molecule has 0 spiro atoms. The first-order valence-electron chi connectivity index (χ1n) is 9.13. The largest absolute Gasteiger partial charge is 0.495 e. The summed E-state index contributed by atoms with van der Waals surface area (Å²) in [4.78, 5) is 0. The SMILES string of the molecule is COc1ccc(NCc2cc(Cl)c(OCc3ccccc3C)c(OC)c2)cc1Cl. The molecule has 0 atom stereocenters. The fraction of sp³-hybridized carbons (Fsp3) is 0.217. The van der Waals surface area contributed by atoms with Gasteiger partial charge in [-0.3, -0.25) is 0 Å². The van der Waals surface area contributed by atoms with Crippen molar-refractivity contribution in [3.8, 4) is 17.2 Å². The van der Waals surface area contributed by atoms with Gasteiger partial charge in [0.05, 0.1) is 24.3 Å². The second kappa shape index (κ2) is 9.77. The van der Waals surface area contributed by atoms with Gasteiger partial charge in [-0.15, -0.1) is 0 Å². The van der Waals surface area contributed by atoms with Crippen LogP contribution in [0.4, 0.5) is 5.69 Å². The summed E-state index contributed by atoms with van der Waals surface area (Å²) in [6.45, 7) is 3.03. The fourth-order valence-corrected chi connectivity index (χ4v) is 3.46. The Morgan fingerprint density at radius 2 is 1.62 bits per heavy atom. The van der Waals surface area contributed by atoms with Crippen LogP contribution >= 0.6 is 23.2 Å². The molecule has 1 N–H and O–H groups in total. The topological polar surface area (TPSA) is 39.7 Å². The van der Waals surface area contributed by atoms with Crippen molar-refractivity contribution in [2.45, 2.75) is 20.1 Å². The van der Waals surface area contributed by atoms with Gasteiger partial charge in [-0.1, -0.05) is 47.5 Å². The van der Waals surface area contributed by atoms with Crippen molar-refractivity contribution in [1.29, 1.82) is 0 Å². The Labute approximate surface area is 181 Å². The van der Waals surface area contributed by atoms with Gasteiger partial charge in [-0.2, -0.15) is 0 Å². The summed E-state index contributed by atoms with van der Waals surface area (Å²) in [6, 6.07) is 17.4. The van der Waals surface area contributed by atoms with Crippen LogP contribution in [-0.4, -0.2) is 14.2 Å². The minimum Gasteiger partial charge on any atom is -0.495 e. The fourth-order valence-electron chi connectivity index (χ4n) is 2.92. The zero-order chi connectivity index (χ0) is 20.8. The van der Waals surface area contributed by atoms with E-state index >= 15 is 0 Å². The Hall–Kier alpha value is -2.56. The molecule has 3 aromatic carbocycles. The molecule has 0 saturated carbocycles. The van der Waals surface area contributed by atoms with Crippen molar-refractivity contribution in [2.75, 3.05) is 19.5 Å². The van der Waals surface area contributed by atoms with Crippen molar-refractivity contribution >= 4 is 28.9 Å². The smallest absolute Gasteiger partial charge is 0.180 e. The Morgan fingerprint density at radius 3 is 2.31 bits per heavy atom. The van der Waals surface area contributed by atoms with Crippen LogP contribution in [-0.2, 0) is 13.2 Å². The van der Waals surface area contributed by atoms with Gasteiger partial charge in [0.25, 0.3) is 0 Å². The third kappa shape index (κ3) is 5.28. The molecule has 0 radical (unpaired) electrons. The summed E-state index contributed by atoms with van der Waals surface area (Å²) >= 11 is 12.7.